The Bertz CT molecular complexity index is 654. The minimum Gasteiger partial charge on any atom is -0.495 e. The average Bonchev–Trinajstić information content (AvgIpc) is 2.59. The maximum absolute atomic E-state index is 12.2. The third-order valence-electron chi connectivity index (χ3n) is 3.40. The van der Waals surface area contributed by atoms with E-state index in [-0.39, 0.29) is 37.3 Å². The lowest BCUT2D eigenvalue weighted by atomic mass is 10.1. The van der Waals surface area contributed by atoms with Crippen LogP contribution in [0.25, 0.3) is 0 Å². The summed E-state index contributed by atoms with van der Waals surface area (Å²) in [6.45, 7) is 3.85. The van der Waals surface area contributed by atoms with Crippen molar-refractivity contribution in [2.45, 2.75) is 13.5 Å². The van der Waals surface area contributed by atoms with Gasteiger partial charge in [-0.1, -0.05) is 37.3 Å². The lowest BCUT2D eigenvalue weighted by Crippen LogP contribution is -2.23. The second-order valence-corrected chi connectivity index (χ2v) is 5.04. The number of ether oxygens (including phenoxy) is 1. The Kier molecular flexibility index (Phi) is 11.4. The largest absolute Gasteiger partial charge is 0.495 e. The molecule has 5 nitrogen and oxygen atoms in total. The third kappa shape index (κ3) is 7.22. The number of amides is 1. The molecule has 0 bridgehead atoms. The Morgan fingerprint density at radius 3 is 2.32 bits per heavy atom. The number of methoxy groups -OCH3 is 1. The van der Waals surface area contributed by atoms with Gasteiger partial charge in [0, 0.05) is 12.2 Å². The number of rotatable bonds is 8. The molecule has 25 heavy (non-hydrogen) atoms. The molecular formula is C18H25Cl2N3O2. The van der Waals surface area contributed by atoms with Gasteiger partial charge in [0.25, 0.3) is 0 Å². The Hall–Kier alpha value is -1.95. The van der Waals surface area contributed by atoms with E-state index in [0.717, 1.165) is 30.0 Å². The summed E-state index contributed by atoms with van der Waals surface area (Å²) in [5.74, 6) is 0.618. The predicted molar refractivity (Wildman–Crippen MR) is 108 cm³/mol. The molecule has 1 amide bonds. The molecule has 2 aromatic carbocycles. The zero-order valence-corrected chi connectivity index (χ0v) is 16.0. The first-order valence-electron chi connectivity index (χ1n) is 7.70. The highest BCUT2D eigenvalue weighted by Gasteiger charge is 2.07. The van der Waals surface area contributed by atoms with E-state index >= 15 is 0 Å². The topological polar surface area (TPSA) is 62.4 Å². The van der Waals surface area contributed by atoms with E-state index in [1.54, 1.807) is 7.11 Å². The fourth-order valence-electron chi connectivity index (χ4n) is 2.22. The van der Waals surface area contributed by atoms with Crippen LogP contribution in [0.5, 0.6) is 5.75 Å². The van der Waals surface area contributed by atoms with Gasteiger partial charge in [-0.25, -0.2) is 0 Å². The SMILES string of the molecule is CCNCc1ccccc1NC(=O)CNc1ccccc1OC.Cl.Cl. The second kappa shape index (κ2) is 12.4. The van der Waals surface area contributed by atoms with Crippen LogP contribution < -0.4 is 20.7 Å². The molecule has 0 heterocycles. The highest BCUT2D eigenvalue weighted by Crippen LogP contribution is 2.22. The summed E-state index contributed by atoms with van der Waals surface area (Å²) in [6, 6.07) is 15.3. The van der Waals surface area contributed by atoms with Crippen molar-refractivity contribution >= 4 is 42.1 Å². The van der Waals surface area contributed by atoms with Gasteiger partial charge in [-0.15, -0.1) is 24.8 Å². The van der Waals surface area contributed by atoms with Gasteiger partial charge >= 0.3 is 0 Å². The van der Waals surface area contributed by atoms with E-state index in [1.807, 2.05) is 48.5 Å². The zero-order chi connectivity index (χ0) is 16.5. The maximum Gasteiger partial charge on any atom is 0.243 e. The molecule has 2 aromatic rings. The van der Waals surface area contributed by atoms with Gasteiger partial charge in [-0.3, -0.25) is 4.79 Å². The number of carbonyl (C=O) groups is 1. The molecule has 2 rings (SSSR count). The smallest absolute Gasteiger partial charge is 0.243 e. The maximum atomic E-state index is 12.2. The molecule has 138 valence electrons. The number of benzene rings is 2. The van der Waals surface area contributed by atoms with Crippen molar-refractivity contribution in [1.82, 2.24) is 5.32 Å². The zero-order valence-electron chi connectivity index (χ0n) is 14.4. The molecule has 0 aliphatic heterocycles. The molecule has 0 saturated heterocycles. The summed E-state index contributed by atoms with van der Waals surface area (Å²) in [5, 5.41) is 9.31. The van der Waals surface area contributed by atoms with Crippen LogP contribution in [0.1, 0.15) is 12.5 Å². The predicted octanol–water partition coefficient (Wildman–Crippen LogP) is 3.70. The standard InChI is InChI=1S/C18H23N3O2.2ClH/c1-3-19-12-14-8-4-5-9-15(14)21-18(22)13-20-16-10-6-7-11-17(16)23-2;;/h4-11,19-20H,3,12-13H2,1-2H3,(H,21,22);2*1H. The van der Waals surface area contributed by atoms with Crippen molar-refractivity contribution in [3.05, 3.63) is 54.1 Å². The summed E-state index contributed by atoms with van der Waals surface area (Å²) in [6.07, 6.45) is 0. The quantitative estimate of drug-likeness (QED) is 0.648. The van der Waals surface area contributed by atoms with Crippen LogP contribution in [0.4, 0.5) is 11.4 Å². The van der Waals surface area contributed by atoms with Crippen molar-refractivity contribution < 1.29 is 9.53 Å². The number of hydrogen-bond acceptors (Lipinski definition) is 4. The molecule has 0 aromatic heterocycles. The van der Waals surface area contributed by atoms with Gasteiger partial charge in [0.2, 0.25) is 5.91 Å². The highest BCUT2D eigenvalue weighted by molar-refractivity contribution is 5.94. The first kappa shape index (κ1) is 23.1. The fraction of sp³-hybridized carbons (Fsp3) is 0.278. The van der Waals surface area contributed by atoms with E-state index in [9.17, 15) is 4.79 Å². The average molecular weight is 386 g/mol. The molecule has 0 saturated carbocycles. The number of halogens is 2. The van der Waals surface area contributed by atoms with Crippen molar-refractivity contribution in [2.75, 3.05) is 30.8 Å². The lowest BCUT2D eigenvalue weighted by molar-refractivity contribution is -0.114. The first-order valence-corrected chi connectivity index (χ1v) is 7.70. The minimum atomic E-state index is -0.0974. The van der Waals surface area contributed by atoms with Crippen molar-refractivity contribution in [3.8, 4) is 5.75 Å². The summed E-state index contributed by atoms with van der Waals surface area (Å²) in [4.78, 5) is 12.2. The van der Waals surface area contributed by atoms with Gasteiger partial charge in [-0.05, 0) is 30.3 Å². The number of carbonyl (C=O) groups excluding carboxylic acids is 1. The van der Waals surface area contributed by atoms with Crippen LogP contribution in [-0.4, -0.2) is 26.1 Å². The second-order valence-electron chi connectivity index (χ2n) is 5.04. The Balaban J connectivity index is 0.00000288. The highest BCUT2D eigenvalue weighted by atomic mass is 35.5. The molecule has 0 spiro atoms. The van der Waals surface area contributed by atoms with Gasteiger partial charge in [-0.2, -0.15) is 0 Å². The van der Waals surface area contributed by atoms with Crippen molar-refractivity contribution in [1.29, 1.82) is 0 Å². The van der Waals surface area contributed by atoms with Gasteiger partial charge in [0.05, 0.1) is 19.3 Å². The number of nitrogens with one attached hydrogen (secondary N) is 3. The normalized spacial score (nSPS) is 9.36. The van der Waals surface area contributed by atoms with Gasteiger partial charge in [0.1, 0.15) is 5.75 Å². The van der Waals surface area contributed by atoms with Crippen LogP contribution in [0, 0.1) is 0 Å². The molecule has 0 unspecified atom stereocenters. The Morgan fingerprint density at radius 2 is 1.64 bits per heavy atom. The summed E-state index contributed by atoms with van der Waals surface area (Å²) in [5.41, 5.74) is 2.70. The molecule has 0 aliphatic carbocycles. The summed E-state index contributed by atoms with van der Waals surface area (Å²) < 4.78 is 5.26. The Labute approximate surface area is 161 Å². The lowest BCUT2D eigenvalue weighted by Gasteiger charge is -2.13. The third-order valence-corrected chi connectivity index (χ3v) is 3.40. The van der Waals surface area contributed by atoms with Crippen molar-refractivity contribution in [3.63, 3.8) is 0 Å². The van der Waals surface area contributed by atoms with E-state index in [0.29, 0.717) is 5.75 Å². The molecular weight excluding hydrogens is 361 g/mol. The monoisotopic (exact) mass is 385 g/mol. The first-order chi connectivity index (χ1) is 11.2. The summed E-state index contributed by atoms with van der Waals surface area (Å²) >= 11 is 0. The summed E-state index contributed by atoms with van der Waals surface area (Å²) in [7, 11) is 1.61. The van der Waals surface area contributed by atoms with Crippen LogP contribution >= 0.6 is 24.8 Å². The van der Waals surface area contributed by atoms with Gasteiger partial charge < -0.3 is 20.7 Å². The van der Waals surface area contributed by atoms with Gasteiger partial charge in [0.15, 0.2) is 0 Å². The van der Waals surface area contributed by atoms with Crippen LogP contribution in [0.2, 0.25) is 0 Å². The van der Waals surface area contributed by atoms with Crippen LogP contribution in [0.15, 0.2) is 48.5 Å². The molecule has 0 fully saturated rings. The van der Waals surface area contributed by atoms with E-state index in [1.165, 1.54) is 0 Å². The number of hydrogen-bond donors (Lipinski definition) is 3. The van der Waals surface area contributed by atoms with Crippen LogP contribution in [-0.2, 0) is 11.3 Å². The molecule has 7 heteroatoms. The van der Waals surface area contributed by atoms with E-state index in [4.69, 9.17) is 4.74 Å². The van der Waals surface area contributed by atoms with Crippen LogP contribution in [0.3, 0.4) is 0 Å². The van der Waals surface area contributed by atoms with E-state index in [2.05, 4.69) is 22.9 Å². The molecule has 0 aliphatic rings. The van der Waals surface area contributed by atoms with Crippen molar-refractivity contribution in [2.24, 2.45) is 0 Å². The fourth-order valence-corrected chi connectivity index (χ4v) is 2.22. The molecule has 3 N–H and O–H groups in total. The Morgan fingerprint density at radius 1 is 1.00 bits per heavy atom. The molecule has 0 atom stereocenters. The number of para-hydroxylation sites is 3. The molecule has 0 radical (unpaired) electrons. The van der Waals surface area contributed by atoms with E-state index < -0.39 is 0 Å². The number of anilines is 2. The minimum absolute atomic E-state index is 0.